The number of benzene rings is 1. The number of aromatic nitrogens is 6. The molecule has 3 rings (SSSR count). The molecule has 0 radical (unpaired) electrons. The van der Waals surface area contributed by atoms with Crippen LogP contribution in [0, 0.1) is 0 Å². The first-order valence-corrected chi connectivity index (χ1v) is 8.52. The van der Waals surface area contributed by atoms with Gasteiger partial charge in [0.1, 0.15) is 5.75 Å². The molecule has 0 aliphatic heterocycles. The van der Waals surface area contributed by atoms with E-state index in [9.17, 15) is 13.2 Å². The maximum atomic E-state index is 12.2. The van der Waals surface area contributed by atoms with Gasteiger partial charge < -0.3 is 9.26 Å². The van der Waals surface area contributed by atoms with Crippen molar-refractivity contribution >= 4 is 11.8 Å². The molecule has 0 N–H and O–H groups in total. The van der Waals surface area contributed by atoms with Crippen LogP contribution >= 0.6 is 11.8 Å². The first kappa shape index (κ1) is 18.2. The zero-order valence-corrected chi connectivity index (χ0v) is 14.3. The highest BCUT2D eigenvalue weighted by Gasteiger charge is 2.31. The smallest absolute Gasteiger partial charge is 0.406 e. The highest BCUT2D eigenvalue weighted by atomic mass is 32.2. The van der Waals surface area contributed by atoms with E-state index in [4.69, 9.17) is 4.52 Å². The van der Waals surface area contributed by atoms with E-state index in [-0.39, 0.29) is 5.75 Å². The second-order valence-corrected chi connectivity index (χ2v) is 6.00. The van der Waals surface area contributed by atoms with E-state index in [1.54, 1.807) is 0 Å². The Bertz CT molecular complexity index is 849. The Kier molecular flexibility index (Phi) is 5.40. The number of hydrogen-bond donors (Lipinski definition) is 0. The number of nitrogens with zero attached hydrogens (tertiary/aromatic N) is 6. The van der Waals surface area contributed by atoms with Gasteiger partial charge in [0, 0.05) is 6.42 Å². The molecule has 8 nitrogen and oxygen atoms in total. The van der Waals surface area contributed by atoms with Crippen LogP contribution in [0.4, 0.5) is 13.2 Å². The largest absolute Gasteiger partial charge is 0.573 e. The predicted molar refractivity (Wildman–Crippen MR) is 83.7 cm³/mol. The highest BCUT2D eigenvalue weighted by molar-refractivity contribution is 7.98. The van der Waals surface area contributed by atoms with Gasteiger partial charge in [0.25, 0.3) is 0 Å². The molecule has 138 valence electrons. The highest BCUT2D eigenvalue weighted by Crippen LogP contribution is 2.26. The molecule has 1 aromatic carbocycles. The van der Waals surface area contributed by atoms with Gasteiger partial charge in [0.05, 0.1) is 11.4 Å². The summed E-state index contributed by atoms with van der Waals surface area (Å²) < 4.78 is 47.0. The Hall–Kier alpha value is -2.63. The lowest BCUT2D eigenvalue weighted by Crippen LogP contribution is -2.17. The van der Waals surface area contributed by atoms with Crippen molar-refractivity contribution in [3.8, 4) is 11.4 Å². The van der Waals surface area contributed by atoms with Gasteiger partial charge in [-0.3, -0.25) is 0 Å². The minimum Gasteiger partial charge on any atom is -0.406 e. The van der Waals surface area contributed by atoms with Crippen LogP contribution < -0.4 is 4.74 Å². The van der Waals surface area contributed by atoms with Crippen molar-refractivity contribution in [3.05, 3.63) is 36.0 Å². The van der Waals surface area contributed by atoms with Gasteiger partial charge in [-0.1, -0.05) is 23.8 Å². The van der Waals surface area contributed by atoms with E-state index in [0.29, 0.717) is 28.3 Å². The summed E-state index contributed by atoms with van der Waals surface area (Å²) >= 11 is 1.27. The lowest BCUT2D eigenvalue weighted by molar-refractivity contribution is -0.274. The number of aryl methyl sites for hydroxylation is 1. The zero-order chi connectivity index (χ0) is 18.6. The molecule has 0 saturated carbocycles. The molecule has 26 heavy (non-hydrogen) atoms. The summed E-state index contributed by atoms with van der Waals surface area (Å²) in [6.45, 7) is 2.02. The van der Waals surface area contributed by atoms with E-state index in [1.807, 2.05) is 6.92 Å². The number of thioether (sulfide) groups is 1. The van der Waals surface area contributed by atoms with Crippen molar-refractivity contribution in [2.45, 2.75) is 37.0 Å². The number of tetrazole rings is 1. The number of ether oxygens (including phenoxy) is 1. The van der Waals surface area contributed by atoms with Crippen molar-refractivity contribution in [1.29, 1.82) is 0 Å². The average Bonchev–Trinajstić information content (AvgIpc) is 3.22. The van der Waals surface area contributed by atoms with Gasteiger partial charge in [-0.2, -0.15) is 9.67 Å². The van der Waals surface area contributed by atoms with Gasteiger partial charge in [-0.15, -0.1) is 18.3 Å². The molecule has 0 aliphatic carbocycles. The number of hydrogen-bond acceptors (Lipinski definition) is 8. The second kappa shape index (κ2) is 7.72. The van der Waals surface area contributed by atoms with Crippen LogP contribution in [-0.2, 0) is 12.2 Å². The summed E-state index contributed by atoms with van der Waals surface area (Å²) in [5.41, 5.74) is 0.490. The maximum Gasteiger partial charge on any atom is 0.573 e. The zero-order valence-electron chi connectivity index (χ0n) is 13.5. The Morgan fingerprint density at radius 1 is 1.23 bits per heavy atom. The first-order valence-electron chi connectivity index (χ1n) is 7.53. The lowest BCUT2D eigenvalue weighted by atomic mass is 10.3. The van der Waals surface area contributed by atoms with Crippen LogP contribution in [0.5, 0.6) is 5.75 Å². The molecule has 0 amide bonds. The summed E-state index contributed by atoms with van der Waals surface area (Å²) in [5, 5.41) is 15.6. The Morgan fingerprint density at radius 2 is 2.00 bits per heavy atom. The molecule has 3 aromatic rings. The number of rotatable bonds is 7. The summed E-state index contributed by atoms with van der Waals surface area (Å²) in [4.78, 5) is 4.25. The molecule has 0 saturated heterocycles. The summed E-state index contributed by atoms with van der Waals surface area (Å²) in [7, 11) is 0. The SMILES string of the molecule is CCCc1noc(CSc2nnnn2-c2ccc(OC(F)(F)F)cc2)n1. The van der Waals surface area contributed by atoms with E-state index < -0.39 is 6.36 Å². The average molecular weight is 386 g/mol. The van der Waals surface area contributed by atoms with Crippen molar-refractivity contribution in [3.63, 3.8) is 0 Å². The summed E-state index contributed by atoms with van der Waals surface area (Å²) in [6, 6.07) is 5.23. The molecule has 0 aliphatic rings. The molecule has 0 unspecified atom stereocenters. The maximum absolute atomic E-state index is 12.2. The minimum absolute atomic E-state index is 0.321. The van der Waals surface area contributed by atoms with Crippen LogP contribution in [0.25, 0.3) is 5.69 Å². The third-order valence-electron chi connectivity index (χ3n) is 3.06. The standard InChI is InChI=1S/C14H13F3N6O2S/c1-2-3-11-18-12(25-20-11)8-26-13-19-21-22-23(13)9-4-6-10(7-5-9)24-14(15,16)17/h4-7H,2-3,8H2,1H3. The van der Waals surface area contributed by atoms with Crippen molar-refractivity contribution in [2.24, 2.45) is 0 Å². The number of halogens is 3. The fourth-order valence-electron chi connectivity index (χ4n) is 2.02. The normalized spacial score (nSPS) is 11.7. The van der Waals surface area contributed by atoms with Crippen molar-refractivity contribution < 1.29 is 22.4 Å². The Balaban J connectivity index is 1.67. The molecule has 12 heteroatoms. The van der Waals surface area contributed by atoms with Crippen LogP contribution in [-0.4, -0.2) is 36.7 Å². The Labute approximate surface area is 149 Å². The third-order valence-corrected chi connectivity index (χ3v) is 3.97. The first-order chi connectivity index (χ1) is 12.4. The topological polar surface area (TPSA) is 91.8 Å². The third kappa shape index (κ3) is 4.71. The van der Waals surface area contributed by atoms with Gasteiger partial charge in [0.15, 0.2) is 5.82 Å². The summed E-state index contributed by atoms with van der Waals surface area (Å²) in [5.74, 6) is 1.13. The van der Waals surface area contributed by atoms with Crippen molar-refractivity contribution in [1.82, 2.24) is 30.3 Å². The monoisotopic (exact) mass is 386 g/mol. The lowest BCUT2D eigenvalue weighted by Gasteiger charge is -2.09. The minimum atomic E-state index is -4.74. The van der Waals surface area contributed by atoms with E-state index in [2.05, 4.69) is 30.4 Å². The molecule has 0 atom stereocenters. The van der Waals surface area contributed by atoms with Gasteiger partial charge in [-0.25, -0.2) is 0 Å². The summed E-state index contributed by atoms with van der Waals surface area (Å²) in [6.07, 6.45) is -3.09. The van der Waals surface area contributed by atoms with Gasteiger partial charge in [0.2, 0.25) is 11.0 Å². The molecule has 0 bridgehead atoms. The fourth-order valence-corrected chi connectivity index (χ4v) is 2.75. The van der Waals surface area contributed by atoms with Crippen LogP contribution in [0.15, 0.2) is 33.9 Å². The molecule has 0 spiro atoms. The van der Waals surface area contributed by atoms with Crippen LogP contribution in [0.1, 0.15) is 25.1 Å². The van der Waals surface area contributed by atoms with Gasteiger partial charge in [-0.05, 0) is 41.1 Å². The van der Waals surface area contributed by atoms with Crippen LogP contribution in [0.2, 0.25) is 0 Å². The fraction of sp³-hybridized carbons (Fsp3) is 0.357. The predicted octanol–water partition coefficient (Wildman–Crippen LogP) is 3.19. The van der Waals surface area contributed by atoms with E-state index in [0.717, 1.165) is 12.8 Å². The molecular weight excluding hydrogens is 373 g/mol. The van der Waals surface area contributed by atoms with Crippen molar-refractivity contribution in [2.75, 3.05) is 0 Å². The molecule has 2 aromatic heterocycles. The second-order valence-electron chi connectivity index (χ2n) is 5.06. The van der Waals surface area contributed by atoms with E-state index >= 15 is 0 Å². The molecule has 2 heterocycles. The molecular formula is C14H13F3N6O2S. The Morgan fingerprint density at radius 3 is 2.69 bits per heavy atom. The van der Waals surface area contributed by atoms with E-state index in [1.165, 1.54) is 40.7 Å². The van der Waals surface area contributed by atoms with Crippen LogP contribution in [0.3, 0.4) is 0 Å². The quantitative estimate of drug-likeness (QED) is 0.572. The van der Waals surface area contributed by atoms with Gasteiger partial charge >= 0.3 is 6.36 Å². The molecule has 0 fully saturated rings. The number of alkyl halides is 3.